The van der Waals surface area contributed by atoms with Gasteiger partial charge in [-0.1, -0.05) is 17.7 Å². The summed E-state index contributed by atoms with van der Waals surface area (Å²) in [6.07, 6.45) is 0.553. The van der Waals surface area contributed by atoms with Crippen LogP contribution in [0.15, 0.2) is 36.4 Å². The van der Waals surface area contributed by atoms with Crippen LogP contribution in [0.3, 0.4) is 0 Å². The summed E-state index contributed by atoms with van der Waals surface area (Å²) in [5.74, 6) is 0.0661. The molecule has 2 aromatic rings. The number of methoxy groups -OCH3 is 2. The van der Waals surface area contributed by atoms with E-state index in [-0.39, 0.29) is 17.9 Å². The fraction of sp³-hybridized carbons (Fsp3) is 0.333. The van der Waals surface area contributed by atoms with Crippen molar-refractivity contribution in [3.8, 4) is 11.5 Å². The summed E-state index contributed by atoms with van der Waals surface area (Å²) in [6.45, 7) is 2.01. The fourth-order valence-corrected chi connectivity index (χ4v) is 4.70. The van der Waals surface area contributed by atoms with E-state index in [4.69, 9.17) is 21.1 Å². The number of para-hydroxylation sites is 1. The third-order valence-corrected chi connectivity index (χ3v) is 6.07. The Morgan fingerprint density at radius 1 is 1.28 bits per heavy atom. The van der Waals surface area contributed by atoms with Crippen molar-refractivity contribution in [2.24, 2.45) is 5.92 Å². The zero-order valence-electron chi connectivity index (χ0n) is 16.4. The number of halogens is 1. The number of fused-ring (bicyclic) bond motifs is 2. The molecule has 0 aliphatic carbocycles. The Morgan fingerprint density at radius 2 is 2.07 bits per heavy atom. The number of anilines is 2. The molecular weight excluding hydrogens is 394 g/mol. The number of amides is 2. The van der Waals surface area contributed by atoms with E-state index in [0.717, 1.165) is 5.56 Å². The Bertz CT molecular complexity index is 996. The van der Waals surface area contributed by atoms with Crippen molar-refractivity contribution in [2.75, 3.05) is 24.9 Å². The van der Waals surface area contributed by atoms with Crippen LogP contribution in [-0.4, -0.2) is 32.1 Å². The molecule has 2 aliphatic heterocycles. The molecule has 0 unspecified atom stereocenters. The summed E-state index contributed by atoms with van der Waals surface area (Å²) in [7, 11) is 3.09. The highest BCUT2D eigenvalue weighted by Gasteiger charge is 2.63. The lowest BCUT2D eigenvalue weighted by Gasteiger charge is -2.25. The molecule has 1 spiro atoms. The topological polar surface area (TPSA) is 93.3 Å². The van der Waals surface area contributed by atoms with Gasteiger partial charge in [0.15, 0.2) is 0 Å². The number of nitrogens with one attached hydrogen (secondary N) is 2. The first-order chi connectivity index (χ1) is 13.9. The number of carbonyl (C=O) groups excluding carboxylic acids is 2. The van der Waals surface area contributed by atoms with Gasteiger partial charge in [0.05, 0.1) is 36.7 Å². The van der Waals surface area contributed by atoms with Gasteiger partial charge in [-0.3, -0.25) is 9.59 Å². The SMILES string of the molecule is COc1ccc(OC)c(NC(=O)[C@H]2C[C@H](C)[NH2+][C@]23C(=O)Nc2c(Cl)cccc23)c1. The molecule has 2 heterocycles. The standard InChI is InChI=1S/C21H22ClN3O4/c1-11-9-14(19(26)23-16-10-12(28-2)7-8-17(16)29-3)21(25-11)13-5-4-6-15(22)18(13)24-20(21)27/h4-8,10-11,14,25H,9H2,1-3H3,(H,23,26)(H,24,27)/p+1/t11-,14+,21-/m0/s1. The molecule has 1 saturated heterocycles. The van der Waals surface area contributed by atoms with Gasteiger partial charge in [0.1, 0.15) is 17.4 Å². The van der Waals surface area contributed by atoms with Gasteiger partial charge in [-0.15, -0.1) is 0 Å². The average Bonchev–Trinajstić information content (AvgIpc) is 3.21. The molecule has 2 aromatic carbocycles. The number of hydrogen-bond acceptors (Lipinski definition) is 4. The van der Waals surface area contributed by atoms with Gasteiger partial charge in [0.25, 0.3) is 5.91 Å². The number of nitrogens with two attached hydrogens (primary N) is 1. The van der Waals surface area contributed by atoms with E-state index < -0.39 is 11.5 Å². The molecule has 0 radical (unpaired) electrons. The Kier molecular flexibility index (Phi) is 4.88. The molecule has 7 nitrogen and oxygen atoms in total. The van der Waals surface area contributed by atoms with Gasteiger partial charge < -0.3 is 25.4 Å². The molecule has 8 heteroatoms. The van der Waals surface area contributed by atoms with Crippen LogP contribution in [0, 0.1) is 5.92 Å². The van der Waals surface area contributed by atoms with E-state index in [1.54, 1.807) is 37.4 Å². The molecule has 3 atom stereocenters. The molecule has 2 aliphatic rings. The summed E-state index contributed by atoms with van der Waals surface area (Å²) in [5, 5.41) is 8.26. The lowest BCUT2D eigenvalue weighted by Crippen LogP contribution is -2.97. The third-order valence-electron chi connectivity index (χ3n) is 5.76. The van der Waals surface area contributed by atoms with Crippen molar-refractivity contribution in [1.82, 2.24) is 0 Å². The Balaban J connectivity index is 1.73. The second-order valence-electron chi connectivity index (χ2n) is 7.47. The highest BCUT2D eigenvalue weighted by Crippen LogP contribution is 2.46. The van der Waals surface area contributed by atoms with Crippen LogP contribution in [0.5, 0.6) is 11.5 Å². The number of carbonyl (C=O) groups is 2. The summed E-state index contributed by atoms with van der Waals surface area (Å²) in [5.41, 5.74) is 0.783. The molecule has 2 amide bonds. The van der Waals surface area contributed by atoms with E-state index in [1.165, 1.54) is 7.11 Å². The van der Waals surface area contributed by atoms with E-state index in [9.17, 15) is 9.59 Å². The van der Waals surface area contributed by atoms with Crippen molar-refractivity contribution in [1.29, 1.82) is 0 Å². The van der Waals surface area contributed by atoms with Crippen LogP contribution < -0.4 is 25.4 Å². The minimum atomic E-state index is -1.05. The fourth-order valence-electron chi connectivity index (χ4n) is 4.48. The van der Waals surface area contributed by atoms with Gasteiger partial charge in [-0.25, -0.2) is 0 Å². The first-order valence-corrected chi connectivity index (χ1v) is 9.78. The van der Waals surface area contributed by atoms with Gasteiger partial charge in [-0.05, 0) is 31.2 Å². The minimum Gasteiger partial charge on any atom is -0.497 e. The van der Waals surface area contributed by atoms with Crippen LogP contribution >= 0.6 is 11.6 Å². The van der Waals surface area contributed by atoms with Crippen molar-refractivity contribution in [2.45, 2.75) is 24.9 Å². The summed E-state index contributed by atoms with van der Waals surface area (Å²) in [4.78, 5) is 26.5. The van der Waals surface area contributed by atoms with Crippen molar-refractivity contribution in [3.05, 3.63) is 47.0 Å². The minimum absolute atomic E-state index is 0.0913. The maximum Gasteiger partial charge on any atom is 0.291 e. The van der Waals surface area contributed by atoms with Gasteiger partial charge in [0.2, 0.25) is 11.4 Å². The summed E-state index contributed by atoms with van der Waals surface area (Å²) < 4.78 is 10.6. The molecule has 0 bridgehead atoms. The number of hydrogen-bond donors (Lipinski definition) is 3. The van der Waals surface area contributed by atoms with Gasteiger partial charge in [-0.2, -0.15) is 0 Å². The monoisotopic (exact) mass is 416 g/mol. The van der Waals surface area contributed by atoms with Crippen LogP contribution in [0.4, 0.5) is 11.4 Å². The smallest absolute Gasteiger partial charge is 0.291 e. The Hall–Kier alpha value is -2.77. The summed E-state index contributed by atoms with van der Waals surface area (Å²) >= 11 is 6.30. The normalized spacial score (nSPS) is 24.9. The van der Waals surface area contributed by atoms with Crippen LogP contribution in [0.1, 0.15) is 18.9 Å². The second kappa shape index (κ2) is 7.24. The highest BCUT2D eigenvalue weighted by atomic mass is 35.5. The molecule has 29 heavy (non-hydrogen) atoms. The predicted molar refractivity (Wildman–Crippen MR) is 109 cm³/mol. The van der Waals surface area contributed by atoms with Crippen LogP contribution in [-0.2, 0) is 15.1 Å². The third kappa shape index (κ3) is 3.01. The molecule has 0 aromatic heterocycles. The number of benzene rings is 2. The maximum atomic E-state index is 13.4. The molecule has 152 valence electrons. The average molecular weight is 417 g/mol. The largest absolute Gasteiger partial charge is 0.497 e. The lowest BCUT2D eigenvalue weighted by molar-refractivity contribution is -0.729. The van der Waals surface area contributed by atoms with E-state index >= 15 is 0 Å². The van der Waals surface area contributed by atoms with E-state index in [0.29, 0.717) is 34.3 Å². The number of quaternary nitrogens is 1. The second-order valence-corrected chi connectivity index (χ2v) is 7.88. The van der Waals surface area contributed by atoms with Crippen molar-refractivity contribution < 1.29 is 24.4 Å². The number of ether oxygens (including phenoxy) is 2. The zero-order chi connectivity index (χ0) is 20.8. The van der Waals surface area contributed by atoms with E-state index in [1.807, 2.05) is 18.3 Å². The lowest BCUT2D eigenvalue weighted by atomic mass is 9.79. The Labute approximate surface area is 173 Å². The van der Waals surface area contributed by atoms with Crippen molar-refractivity contribution in [3.63, 3.8) is 0 Å². The van der Waals surface area contributed by atoms with Crippen molar-refractivity contribution >= 4 is 34.8 Å². The molecular formula is C21H23ClN3O4+. The van der Waals surface area contributed by atoms with Crippen LogP contribution in [0.25, 0.3) is 0 Å². The zero-order valence-corrected chi connectivity index (χ0v) is 17.2. The van der Waals surface area contributed by atoms with Gasteiger partial charge in [0, 0.05) is 18.1 Å². The quantitative estimate of drug-likeness (QED) is 0.711. The maximum absolute atomic E-state index is 13.4. The Morgan fingerprint density at radius 3 is 2.79 bits per heavy atom. The van der Waals surface area contributed by atoms with Gasteiger partial charge >= 0.3 is 0 Å². The van der Waals surface area contributed by atoms with Crippen LogP contribution in [0.2, 0.25) is 5.02 Å². The first-order valence-electron chi connectivity index (χ1n) is 9.40. The molecule has 0 saturated carbocycles. The highest BCUT2D eigenvalue weighted by molar-refractivity contribution is 6.34. The van der Waals surface area contributed by atoms with E-state index in [2.05, 4.69) is 10.6 Å². The molecule has 4 rings (SSSR count). The number of rotatable bonds is 4. The first kappa shape index (κ1) is 19.5. The molecule has 4 N–H and O–H groups in total. The summed E-state index contributed by atoms with van der Waals surface area (Å²) in [6, 6.07) is 10.7. The molecule has 1 fully saturated rings. The predicted octanol–water partition coefficient (Wildman–Crippen LogP) is 2.12.